The van der Waals surface area contributed by atoms with Crippen LogP contribution in [-0.2, 0) is 4.74 Å². The number of pyridine rings is 1. The van der Waals surface area contributed by atoms with E-state index in [1.54, 1.807) is 30.6 Å². The number of nitrogen functional groups attached to an aromatic ring is 1. The Morgan fingerprint density at radius 1 is 1.20 bits per heavy atom. The van der Waals surface area contributed by atoms with Crippen LogP contribution in [0, 0.1) is 11.6 Å². The molecule has 0 unspecified atom stereocenters. The lowest BCUT2D eigenvalue weighted by Gasteiger charge is -2.40. The van der Waals surface area contributed by atoms with Crippen molar-refractivity contribution in [1.29, 1.82) is 0 Å². The maximum atomic E-state index is 16.2. The van der Waals surface area contributed by atoms with E-state index in [1.807, 2.05) is 13.8 Å². The summed E-state index contributed by atoms with van der Waals surface area (Å²) in [6, 6.07) is 3.41. The van der Waals surface area contributed by atoms with Crippen molar-refractivity contribution in [2.24, 2.45) is 0 Å². The van der Waals surface area contributed by atoms with E-state index in [0.717, 1.165) is 6.07 Å². The highest BCUT2D eigenvalue weighted by Crippen LogP contribution is 2.44. The number of anilines is 2. The van der Waals surface area contributed by atoms with Gasteiger partial charge in [-0.3, -0.25) is 4.79 Å². The number of carbonyl (C=O) groups is 2. The van der Waals surface area contributed by atoms with Crippen LogP contribution in [0.25, 0.3) is 11.3 Å². The van der Waals surface area contributed by atoms with E-state index >= 15 is 8.78 Å². The summed E-state index contributed by atoms with van der Waals surface area (Å²) in [6.45, 7) is 9.59. The van der Waals surface area contributed by atoms with Gasteiger partial charge in [-0.05, 0) is 53.2 Å². The van der Waals surface area contributed by atoms with E-state index in [1.165, 1.54) is 17.0 Å². The van der Waals surface area contributed by atoms with Crippen LogP contribution < -0.4 is 15.4 Å². The molecule has 0 spiro atoms. The van der Waals surface area contributed by atoms with Gasteiger partial charge in [-0.25, -0.2) is 18.6 Å². The number of aliphatic hydroxyl groups excluding tert-OH is 1. The Morgan fingerprint density at radius 2 is 1.93 bits per heavy atom. The minimum atomic E-state index is -1.01. The van der Waals surface area contributed by atoms with Gasteiger partial charge in [-0.15, -0.1) is 0 Å². The summed E-state index contributed by atoms with van der Waals surface area (Å²) < 4.78 is 42.7. The zero-order chi connectivity index (χ0) is 29.1. The van der Waals surface area contributed by atoms with Crippen molar-refractivity contribution in [3.05, 3.63) is 35.4 Å². The highest BCUT2D eigenvalue weighted by atomic mass is 19.1. The number of β-amino-alcohol motifs (C(OH)–C–C–N with tert-alkyl or cyclic N) is 1. The third-order valence-corrected chi connectivity index (χ3v) is 7.50. The van der Waals surface area contributed by atoms with Crippen LogP contribution in [0.5, 0.6) is 5.75 Å². The van der Waals surface area contributed by atoms with E-state index in [-0.39, 0.29) is 66.9 Å². The number of halogens is 2. The Labute approximate surface area is 231 Å². The van der Waals surface area contributed by atoms with Gasteiger partial charge >= 0.3 is 6.09 Å². The van der Waals surface area contributed by atoms with Gasteiger partial charge in [0, 0.05) is 37.4 Å². The van der Waals surface area contributed by atoms with Crippen LogP contribution in [0.3, 0.4) is 0 Å². The first-order chi connectivity index (χ1) is 18.7. The number of fused-ring (bicyclic) bond motifs is 2. The van der Waals surface area contributed by atoms with Crippen molar-refractivity contribution >= 4 is 23.5 Å². The van der Waals surface area contributed by atoms with Gasteiger partial charge < -0.3 is 35.0 Å². The van der Waals surface area contributed by atoms with Crippen LogP contribution in [0.2, 0.25) is 0 Å². The minimum Gasteiger partial charge on any atom is -0.487 e. The second-order valence-corrected chi connectivity index (χ2v) is 12.2. The van der Waals surface area contributed by atoms with Gasteiger partial charge in [-0.2, -0.15) is 0 Å². The number of aromatic nitrogens is 1. The molecule has 4 heterocycles. The Balaban J connectivity index is 1.62. The first-order valence-corrected chi connectivity index (χ1v) is 13.3. The van der Waals surface area contributed by atoms with Crippen molar-refractivity contribution in [2.75, 3.05) is 43.4 Å². The highest BCUT2D eigenvalue weighted by Gasteiger charge is 2.46. The van der Waals surface area contributed by atoms with Gasteiger partial charge in [0.05, 0.1) is 17.7 Å². The van der Waals surface area contributed by atoms with Crippen molar-refractivity contribution in [3.8, 4) is 17.0 Å². The summed E-state index contributed by atoms with van der Waals surface area (Å²) in [6.07, 6.45) is -0.851. The average molecular weight is 560 g/mol. The molecule has 5 rings (SSSR count). The molecule has 2 amide bonds. The predicted molar refractivity (Wildman–Crippen MR) is 144 cm³/mol. The number of aliphatic hydroxyl groups is 1. The molecule has 0 aliphatic carbocycles. The Hall–Kier alpha value is -3.67. The second kappa shape index (κ2) is 9.76. The molecule has 12 heteroatoms. The first kappa shape index (κ1) is 27.9. The molecule has 3 aliphatic rings. The Morgan fingerprint density at radius 3 is 2.55 bits per heavy atom. The number of nitrogens with two attached hydrogens (primary N) is 1. The molecule has 0 bridgehead atoms. The molecule has 3 aliphatic heterocycles. The Bertz CT molecular complexity index is 1340. The SMILES string of the molecule is CC(C)(C)OC(=O)N1CCN2C(=O)c3c(N4C[C@@H](O)CC4(C)C)nc(-c4c(N)cccc4F)c(F)c3OC[C@H]2C1. The molecule has 2 atom stereocenters. The molecule has 1 aromatic heterocycles. The number of hydrogen-bond donors (Lipinski definition) is 2. The average Bonchev–Trinajstić information content (AvgIpc) is 3.03. The topological polar surface area (TPSA) is 121 Å². The van der Waals surface area contributed by atoms with Crippen molar-refractivity contribution in [2.45, 2.75) is 64.3 Å². The first-order valence-electron chi connectivity index (χ1n) is 13.3. The number of benzene rings is 1. The summed E-state index contributed by atoms with van der Waals surface area (Å²) in [5.41, 5.74) is 3.95. The molecule has 40 heavy (non-hydrogen) atoms. The van der Waals surface area contributed by atoms with Crippen LogP contribution >= 0.6 is 0 Å². The molecule has 0 radical (unpaired) electrons. The van der Waals surface area contributed by atoms with Gasteiger partial charge in [0.1, 0.15) is 35.1 Å². The van der Waals surface area contributed by atoms with Gasteiger partial charge in [0.15, 0.2) is 11.6 Å². The normalized spacial score (nSPS) is 22.4. The van der Waals surface area contributed by atoms with E-state index in [4.69, 9.17) is 15.2 Å². The van der Waals surface area contributed by atoms with Crippen LogP contribution in [0.1, 0.15) is 51.4 Å². The fraction of sp³-hybridized carbons (Fsp3) is 0.536. The zero-order valence-corrected chi connectivity index (χ0v) is 23.3. The molecule has 1 aromatic carbocycles. The van der Waals surface area contributed by atoms with Crippen molar-refractivity contribution in [3.63, 3.8) is 0 Å². The van der Waals surface area contributed by atoms with Gasteiger partial charge in [-0.1, -0.05) is 6.07 Å². The number of hydrogen-bond acceptors (Lipinski definition) is 8. The summed E-state index contributed by atoms with van der Waals surface area (Å²) in [7, 11) is 0. The summed E-state index contributed by atoms with van der Waals surface area (Å²) in [5.74, 6) is -2.58. The largest absolute Gasteiger partial charge is 0.487 e. The smallest absolute Gasteiger partial charge is 0.410 e. The summed E-state index contributed by atoms with van der Waals surface area (Å²) in [4.78, 5) is 36.1. The van der Waals surface area contributed by atoms with E-state index in [0.29, 0.717) is 6.42 Å². The molecule has 3 N–H and O–H groups in total. The number of amides is 2. The van der Waals surface area contributed by atoms with E-state index in [9.17, 15) is 14.7 Å². The zero-order valence-electron chi connectivity index (χ0n) is 23.3. The number of carbonyl (C=O) groups excluding carboxylic acids is 2. The van der Waals surface area contributed by atoms with Gasteiger partial charge in [0.25, 0.3) is 5.91 Å². The molecule has 10 nitrogen and oxygen atoms in total. The molecular formula is C28H35F2N5O5. The predicted octanol–water partition coefficient (Wildman–Crippen LogP) is 3.41. The van der Waals surface area contributed by atoms with Gasteiger partial charge in [0.2, 0.25) is 0 Å². The lowest BCUT2D eigenvalue weighted by Crippen LogP contribution is -2.58. The molecule has 2 aromatic rings. The fourth-order valence-corrected chi connectivity index (χ4v) is 5.67. The molecule has 2 saturated heterocycles. The van der Waals surface area contributed by atoms with Crippen LogP contribution in [-0.4, -0.2) is 88.0 Å². The molecule has 216 valence electrons. The van der Waals surface area contributed by atoms with E-state index in [2.05, 4.69) is 4.98 Å². The van der Waals surface area contributed by atoms with E-state index < -0.39 is 46.9 Å². The fourth-order valence-electron chi connectivity index (χ4n) is 5.67. The maximum Gasteiger partial charge on any atom is 0.410 e. The minimum absolute atomic E-state index is 0.0246. The maximum absolute atomic E-state index is 16.2. The Kier molecular flexibility index (Phi) is 6.80. The van der Waals surface area contributed by atoms with Crippen molar-refractivity contribution < 1.29 is 33.0 Å². The van der Waals surface area contributed by atoms with Crippen LogP contribution in [0.4, 0.5) is 25.1 Å². The molecule has 0 saturated carbocycles. The number of ether oxygens (including phenoxy) is 2. The van der Waals surface area contributed by atoms with Crippen LogP contribution in [0.15, 0.2) is 18.2 Å². The monoisotopic (exact) mass is 559 g/mol. The number of rotatable bonds is 2. The lowest BCUT2D eigenvalue weighted by molar-refractivity contribution is 0.000864. The quantitative estimate of drug-likeness (QED) is 0.537. The molecule has 2 fully saturated rings. The van der Waals surface area contributed by atoms with Crippen molar-refractivity contribution in [1.82, 2.24) is 14.8 Å². The summed E-state index contributed by atoms with van der Waals surface area (Å²) >= 11 is 0. The number of piperazine rings is 1. The third kappa shape index (κ3) is 4.89. The number of nitrogens with zero attached hydrogens (tertiary/aromatic N) is 4. The molecular weight excluding hydrogens is 524 g/mol. The lowest BCUT2D eigenvalue weighted by atomic mass is 9.99. The highest BCUT2D eigenvalue weighted by molar-refractivity contribution is 6.03. The summed E-state index contributed by atoms with van der Waals surface area (Å²) in [5, 5.41) is 10.5. The third-order valence-electron chi connectivity index (χ3n) is 7.50. The second-order valence-electron chi connectivity index (χ2n) is 12.2. The standard InChI is InChI=1S/C28H35F2N5O5/c1-27(2,3)40-26(38)33-9-10-34-15(12-33)14-39-23-20(25(34)37)24(35-13-16(36)11-28(35,4)5)32-22(21(23)30)19-17(29)7-6-8-18(19)31/h6-8,15-16,36H,9-14,31H2,1-5H3/t15-,16+/m1/s1.